The van der Waals surface area contributed by atoms with Crippen molar-refractivity contribution in [2.75, 3.05) is 18.8 Å². The van der Waals surface area contributed by atoms with Gasteiger partial charge in [0, 0.05) is 29.2 Å². The van der Waals surface area contributed by atoms with E-state index in [0.29, 0.717) is 11.7 Å². The summed E-state index contributed by atoms with van der Waals surface area (Å²) in [5, 5.41) is 6.96. The Kier molecular flexibility index (Phi) is 4.80. The quantitative estimate of drug-likeness (QED) is 0.923. The molecule has 6 nitrogen and oxygen atoms in total. The fourth-order valence-corrected chi connectivity index (χ4v) is 3.75. The summed E-state index contributed by atoms with van der Waals surface area (Å²) >= 11 is 1.90. The van der Waals surface area contributed by atoms with E-state index in [9.17, 15) is 4.79 Å². The summed E-state index contributed by atoms with van der Waals surface area (Å²) in [4.78, 5) is 18.7. The van der Waals surface area contributed by atoms with Crippen LogP contribution in [0.4, 0.5) is 4.79 Å². The molecule has 1 aliphatic heterocycles. The molecule has 7 heteroatoms. The first-order valence-electron chi connectivity index (χ1n) is 8.03. The van der Waals surface area contributed by atoms with Crippen molar-refractivity contribution in [2.45, 2.75) is 31.6 Å². The van der Waals surface area contributed by atoms with Crippen LogP contribution in [-0.2, 0) is 0 Å². The summed E-state index contributed by atoms with van der Waals surface area (Å²) in [5.41, 5.74) is 0.865. The third-order valence-electron chi connectivity index (χ3n) is 3.90. The lowest BCUT2D eigenvalue weighted by atomic mass is 10.2. The molecular formula is C17H22N4O2S. The minimum atomic E-state index is -0.309. The van der Waals surface area contributed by atoms with Crippen molar-refractivity contribution in [1.29, 1.82) is 0 Å². The van der Waals surface area contributed by atoms with E-state index in [2.05, 4.69) is 29.3 Å². The molecular weight excluding hydrogens is 324 g/mol. The van der Waals surface area contributed by atoms with Crippen molar-refractivity contribution in [3.63, 3.8) is 0 Å². The van der Waals surface area contributed by atoms with E-state index in [-0.39, 0.29) is 16.8 Å². The van der Waals surface area contributed by atoms with Gasteiger partial charge in [0.25, 0.3) is 5.89 Å². The second-order valence-electron chi connectivity index (χ2n) is 6.52. The van der Waals surface area contributed by atoms with E-state index in [4.69, 9.17) is 4.52 Å². The zero-order valence-electron chi connectivity index (χ0n) is 14.2. The number of rotatable bonds is 3. The fraction of sp³-hybridized carbons (Fsp3) is 0.471. The summed E-state index contributed by atoms with van der Waals surface area (Å²) in [6.45, 7) is 7.67. The average Bonchev–Trinajstić information content (AvgIpc) is 3.05. The molecule has 1 aromatic carbocycles. The molecule has 0 saturated carbocycles. The van der Waals surface area contributed by atoms with Gasteiger partial charge in [0.15, 0.2) is 5.82 Å². The van der Waals surface area contributed by atoms with Crippen molar-refractivity contribution in [3.8, 4) is 11.5 Å². The summed E-state index contributed by atoms with van der Waals surface area (Å²) in [7, 11) is 0. The molecule has 128 valence electrons. The molecule has 0 unspecified atom stereocenters. The number of hydrogen-bond donors (Lipinski definition) is 1. The molecule has 1 aromatic heterocycles. The van der Waals surface area contributed by atoms with E-state index >= 15 is 0 Å². The Balaban J connectivity index is 1.64. The van der Waals surface area contributed by atoms with Crippen LogP contribution in [0.2, 0.25) is 0 Å². The number of carbonyl (C=O) groups is 1. The van der Waals surface area contributed by atoms with Crippen LogP contribution in [0.15, 0.2) is 34.9 Å². The van der Waals surface area contributed by atoms with Crippen molar-refractivity contribution >= 4 is 17.8 Å². The smallest absolute Gasteiger partial charge is 0.318 e. The maximum atomic E-state index is 12.5. The number of aromatic nitrogens is 2. The van der Waals surface area contributed by atoms with E-state index in [1.807, 2.05) is 53.9 Å². The molecule has 1 N–H and O–H groups in total. The normalized spacial score (nSPS) is 18.2. The first kappa shape index (κ1) is 16.8. The summed E-state index contributed by atoms with van der Waals surface area (Å²) < 4.78 is 5.39. The molecule has 3 rings (SSSR count). The van der Waals surface area contributed by atoms with Gasteiger partial charge in [-0.2, -0.15) is 16.7 Å². The monoisotopic (exact) mass is 346 g/mol. The highest BCUT2D eigenvalue weighted by molar-refractivity contribution is 8.00. The second kappa shape index (κ2) is 6.84. The van der Waals surface area contributed by atoms with Gasteiger partial charge in [-0.15, -0.1) is 0 Å². The Morgan fingerprint density at radius 1 is 1.38 bits per heavy atom. The van der Waals surface area contributed by atoms with Gasteiger partial charge in [0.2, 0.25) is 0 Å². The first-order valence-corrected chi connectivity index (χ1v) is 9.02. The number of nitrogens with zero attached hydrogens (tertiary/aromatic N) is 3. The van der Waals surface area contributed by atoms with Gasteiger partial charge in [0.1, 0.15) is 0 Å². The molecule has 2 aromatic rings. The molecule has 1 aliphatic rings. The minimum Gasteiger partial charge on any atom is -0.334 e. The van der Waals surface area contributed by atoms with Crippen molar-refractivity contribution < 1.29 is 9.32 Å². The lowest BCUT2D eigenvalue weighted by Crippen LogP contribution is -2.50. The summed E-state index contributed by atoms with van der Waals surface area (Å²) in [6, 6.07) is 9.20. The minimum absolute atomic E-state index is 0.0815. The van der Waals surface area contributed by atoms with Gasteiger partial charge in [-0.05, 0) is 32.9 Å². The molecule has 0 bridgehead atoms. The number of nitrogens with one attached hydrogen (secondary N) is 1. The van der Waals surface area contributed by atoms with Gasteiger partial charge in [-0.3, -0.25) is 0 Å². The molecule has 1 atom stereocenters. The number of carbonyl (C=O) groups excluding carboxylic acids is 1. The number of amides is 2. The SMILES string of the molecule is C[C@H](NC(=O)N1CCSC(C)(C)C1)c1noc(-c2ccccc2)n1. The molecule has 2 heterocycles. The Bertz CT molecular complexity index is 702. The van der Waals surface area contributed by atoms with Crippen LogP contribution in [-0.4, -0.2) is 44.7 Å². The highest BCUT2D eigenvalue weighted by Crippen LogP contribution is 2.29. The van der Waals surface area contributed by atoms with Crippen LogP contribution in [0.5, 0.6) is 0 Å². The summed E-state index contributed by atoms with van der Waals surface area (Å²) in [6.07, 6.45) is 0. The van der Waals surface area contributed by atoms with Gasteiger partial charge in [-0.25, -0.2) is 4.79 Å². The molecule has 0 aliphatic carbocycles. The Labute approximate surface area is 146 Å². The van der Waals surface area contributed by atoms with Gasteiger partial charge in [0.05, 0.1) is 6.04 Å². The maximum absolute atomic E-state index is 12.5. The van der Waals surface area contributed by atoms with Crippen molar-refractivity contribution in [1.82, 2.24) is 20.4 Å². The van der Waals surface area contributed by atoms with E-state index in [1.54, 1.807) is 0 Å². The number of thioether (sulfide) groups is 1. The van der Waals surface area contributed by atoms with Crippen molar-refractivity contribution in [2.24, 2.45) is 0 Å². The Hall–Kier alpha value is -2.02. The first-order chi connectivity index (χ1) is 11.4. The zero-order chi connectivity index (χ0) is 17.2. The van der Waals surface area contributed by atoms with Crippen LogP contribution in [0.25, 0.3) is 11.5 Å². The molecule has 2 amide bonds. The van der Waals surface area contributed by atoms with E-state index < -0.39 is 0 Å². The van der Waals surface area contributed by atoms with Crippen LogP contribution in [0.1, 0.15) is 32.6 Å². The maximum Gasteiger partial charge on any atom is 0.318 e. The number of urea groups is 1. The zero-order valence-corrected chi connectivity index (χ0v) is 15.0. The highest BCUT2D eigenvalue weighted by atomic mass is 32.2. The number of hydrogen-bond acceptors (Lipinski definition) is 5. The third kappa shape index (κ3) is 3.90. The molecule has 24 heavy (non-hydrogen) atoms. The Morgan fingerprint density at radius 3 is 2.83 bits per heavy atom. The van der Waals surface area contributed by atoms with Crippen LogP contribution >= 0.6 is 11.8 Å². The standard InChI is InChI=1S/C17H22N4O2S/c1-12(18-16(22)21-9-10-24-17(2,3)11-21)14-19-15(23-20-14)13-7-5-4-6-8-13/h4-8,12H,9-11H2,1-3H3,(H,18,22)/t12-/m0/s1. The van der Waals surface area contributed by atoms with Gasteiger partial charge < -0.3 is 14.7 Å². The Morgan fingerprint density at radius 2 is 2.12 bits per heavy atom. The largest absolute Gasteiger partial charge is 0.334 e. The highest BCUT2D eigenvalue weighted by Gasteiger charge is 2.30. The lowest BCUT2D eigenvalue weighted by Gasteiger charge is -2.37. The second-order valence-corrected chi connectivity index (χ2v) is 8.33. The molecule has 1 saturated heterocycles. The number of benzene rings is 1. The predicted octanol–water partition coefficient (Wildman–Crippen LogP) is 3.33. The van der Waals surface area contributed by atoms with Crippen molar-refractivity contribution in [3.05, 3.63) is 36.2 Å². The van der Waals surface area contributed by atoms with Crippen LogP contribution < -0.4 is 5.32 Å². The van der Waals surface area contributed by atoms with Gasteiger partial charge >= 0.3 is 6.03 Å². The topological polar surface area (TPSA) is 71.3 Å². The van der Waals surface area contributed by atoms with Crippen LogP contribution in [0, 0.1) is 0 Å². The molecule has 0 radical (unpaired) electrons. The predicted molar refractivity (Wildman–Crippen MR) is 94.8 cm³/mol. The molecule has 0 spiro atoms. The fourth-order valence-electron chi connectivity index (χ4n) is 2.64. The lowest BCUT2D eigenvalue weighted by molar-refractivity contribution is 0.191. The van der Waals surface area contributed by atoms with E-state index in [0.717, 1.165) is 24.4 Å². The molecule has 1 fully saturated rings. The average molecular weight is 346 g/mol. The third-order valence-corrected chi connectivity index (χ3v) is 5.20. The summed E-state index contributed by atoms with van der Waals surface area (Å²) in [5.74, 6) is 1.89. The van der Waals surface area contributed by atoms with Gasteiger partial charge in [-0.1, -0.05) is 23.4 Å². The van der Waals surface area contributed by atoms with Crippen LogP contribution in [0.3, 0.4) is 0 Å². The van der Waals surface area contributed by atoms with E-state index in [1.165, 1.54) is 0 Å².